The zero-order valence-electron chi connectivity index (χ0n) is 19.3. The first kappa shape index (κ1) is 24.1. The van der Waals surface area contributed by atoms with Crippen LogP contribution in [0, 0.1) is 11.6 Å². The Labute approximate surface area is 203 Å². The molecule has 3 aromatic rings. The Morgan fingerprint density at radius 2 is 1.91 bits per heavy atom. The molecule has 2 fully saturated rings. The van der Waals surface area contributed by atoms with Gasteiger partial charge in [-0.05, 0) is 37.5 Å². The first-order valence-corrected chi connectivity index (χ1v) is 13.0. The summed E-state index contributed by atoms with van der Waals surface area (Å²) in [7, 11) is -3.76. The fraction of sp³-hybridized carbons (Fsp3) is 0.400. The topological polar surface area (TPSA) is 84.7 Å². The first-order chi connectivity index (χ1) is 16.8. The average Bonchev–Trinajstić information content (AvgIpc) is 3.32. The van der Waals surface area contributed by atoms with Crippen LogP contribution in [0.25, 0.3) is 0 Å². The van der Waals surface area contributed by atoms with Crippen molar-refractivity contribution in [2.45, 2.75) is 49.7 Å². The molecule has 35 heavy (non-hydrogen) atoms. The Morgan fingerprint density at radius 3 is 2.57 bits per heavy atom. The van der Waals surface area contributed by atoms with E-state index in [9.17, 15) is 8.42 Å². The lowest BCUT2D eigenvalue weighted by molar-refractivity contribution is -0.0819. The molecule has 2 aliphatic rings. The van der Waals surface area contributed by atoms with Crippen LogP contribution in [-0.2, 0) is 33.4 Å². The second-order valence-corrected chi connectivity index (χ2v) is 11.3. The highest BCUT2D eigenvalue weighted by Gasteiger charge is 2.44. The van der Waals surface area contributed by atoms with E-state index in [1.165, 1.54) is 10.7 Å². The van der Waals surface area contributed by atoms with Crippen molar-refractivity contribution in [2.75, 3.05) is 13.2 Å². The zero-order valence-corrected chi connectivity index (χ0v) is 20.1. The lowest BCUT2D eigenvalue weighted by Crippen LogP contribution is -2.57. The van der Waals surface area contributed by atoms with Gasteiger partial charge in [-0.3, -0.25) is 5.32 Å². The quantitative estimate of drug-likeness (QED) is 0.524. The van der Waals surface area contributed by atoms with E-state index < -0.39 is 32.4 Å². The lowest BCUT2D eigenvalue weighted by Gasteiger charge is -2.43. The molecular formula is C25H27F2N3O4S. The van der Waals surface area contributed by atoms with Gasteiger partial charge in [0.25, 0.3) is 0 Å². The number of rotatable bonds is 7. The molecule has 2 saturated heterocycles. The molecule has 0 unspecified atom stereocenters. The van der Waals surface area contributed by atoms with Crippen molar-refractivity contribution in [1.82, 2.24) is 14.6 Å². The molecule has 1 aromatic heterocycles. The van der Waals surface area contributed by atoms with Gasteiger partial charge < -0.3 is 9.15 Å². The van der Waals surface area contributed by atoms with Gasteiger partial charge in [-0.15, -0.1) is 0 Å². The molecule has 0 radical (unpaired) electrons. The van der Waals surface area contributed by atoms with Crippen LogP contribution in [0.1, 0.15) is 47.5 Å². The smallest absolute Gasteiger partial charge is 0.221 e. The molecule has 7 nitrogen and oxygen atoms in total. The van der Waals surface area contributed by atoms with Gasteiger partial charge in [-0.2, -0.15) is 4.31 Å². The number of ether oxygens (including phenoxy) is 1. The minimum atomic E-state index is -3.76. The SMILES string of the molecule is C[C@H]1CC[C@H](c2ccccc2)S(=O)(=O)N1Cc1cc(F)c(C2(NCc3cnco3)COC2)cc1F. The number of halogens is 2. The van der Waals surface area contributed by atoms with Crippen molar-refractivity contribution in [2.24, 2.45) is 0 Å². The number of hydrogen-bond donors (Lipinski definition) is 1. The van der Waals surface area contributed by atoms with Gasteiger partial charge >= 0.3 is 0 Å². The van der Waals surface area contributed by atoms with Crippen molar-refractivity contribution >= 4 is 10.0 Å². The van der Waals surface area contributed by atoms with Crippen molar-refractivity contribution in [3.8, 4) is 0 Å². The minimum absolute atomic E-state index is 0.000938. The third kappa shape index (κ3) is 4.51. The highest BCUT2D eigenvalue weighted by Crippen LogP contribution is 2.39. The van der Waals surface area contributed by atoms with Gasteiger partial charge in [-0.25, -0.2) is 22.2 Å². The van der Waals surface area contributed by atoms with Crippen molar-refractivity contribution in [3.63, 3.8) is 0 Å². The maximum absolute atomic E-state index is 15.3. The summed E-state index contributed by atoms with van der Waals surface area (Å²) in [6.45, 7) is 2.19. The second-order valence-electron chi connectivity index (χ2n) is 9.24. The standard InChI is InChI=1S/C25H27F2N3O4S/c1-17-7-8-24(18-5-3-2-4-6-18)35(31,32)30(17)13-19-9-23(27)21(10-22(19)26)25(14-33-15-25)29-12-20-11-28-16-34-20/h2-6,9-11,16-17,24,29H,7-8,12-15H2,1H3/t17-,24+/m0/s1. The number of oxazole rings is 1. The third-order valence-corrected chi connectivity index (χ3v) is 9.32. The number of aromatic nitrogens is 1. The second kappa shape index (κ2) is 9.42. The molecule has 2 atom stereocenters. The van der Waals surface area contributed by atoms with E-state index in [2.05, 4.69) is 10.3 Å². The molecule has 2 aliphatic heterocycles. The van der Waals surface area contributed by atoms with Crippen molar-refractivity contribution in [1.29, 1.82) is 0 Å². The predicted octanol–water partition coefficient (Wildman–Crippen LogP) is 4.02. The highest BCUT2D eigenvalue weighted by molar-refractivity contribution is 7.89. The van der Waals surface area contributed by atoms with Crippen LogP contribution in [-0.4, -0.2) is 37.0 Å². The Bertz CT molecular complexity index is 1280. The molecule has 2 aromatic carbocycles. The summed E-state index contributed by atoms with van der Waals surface area (Å²) in [5.41, 5.74) is -0.0579. The van der Waals surface area contributed by atoms with Crippen LogP contribution < -0.4 is 5.32 Å². The summed E-state index contributed by atoms with van der Waals surface area (Å²) in [5.74, 6) is -0.708. The summed E-state index contributed by atoms with van der Waals surface area (Å²) < 4.78 is 69.4. The van der Waals surface area contributed by atoms with Crippen LogP contribution in [0.2, 0.25) is 0 Å². The summed E-state index contributed by atoms with van der Waals surface area (Å²) in [6, 6.07) is 11.0. The van der Waals surface area contributed by atoms with E-state index >= 15 is 8.78 Å². The largest absolute Gasteiger partial charge is 0.447 e. The fourth-order valence-electron chi connectivity index (χ4n) is 4.84. The summed E-state index contributed by atoms with van der Waals surface area (Å²) in [6.07, 6.45) is 3.96. The van der Waals surface area contributed by atoms with Gasteiger partial charge in [-0.1, -0.05) is 30.3 Å². The normalized spacial score (nSPS) is 23.6. The summed E-state index contributed by atoms with van der Waals surface area (Å²) in [4.78, 5) is 3.85. The molecule has 0 amide bonds. The molecule has 5 rings (SSSR count). The van der Waals surface area contributed by atoms with Gasteiger partial charge in [0.15, 0.2) is 6.39 Å². The van der Waals surface area contributed by atoms with Crippen LogP contribution >= 0.6 is 0 Å². The van der Waals surface area contributed by atoms with E-state index in [4.69, 9.17) is 9.15 Å². The van der Waals surface area contributed by atoms with E-state index in [1.54, 1.807) is 37.4 Å². The van der Waals surface area contributed by atoms with E-state index in [0.29, 0.717) is 24.2 Å². The van der Waals surface area contributed by atoms with Crippen molar-refractivity contribution < 1.29 is 26.4 Å². The predicted molar refractivity (Wildman–Crippen MR) is 125 cm³/mol. The molecular weight excluding hydrogens is 476 g/mol. The van der Waals surface area contributed by atoms with Gasteiger partial charge in [0.1, 0.15) is 22.6 Å². The van der Waals surface area contributed by atoms with E-state index in [-0.39, 0.29) is 43.5 Å². The molecule has 1 N–H and O–H groups in total. The molecule has 10 heteroatoms. The molecule has 0 saturated carbocycles. The maximum Gasteiger partial charge on any atom is 0.221 e. The van der Waals surface area contributed by atoms with Crippen LogP contribution in [0.15, 0.2) is 59.5 Å². The number of nitrogens with one attached hydrogen (secondary N) is 1. The van der Waals surface area contributed by atoms with E-state index in [0.717, 1.165) is 12.1 Å². The van der Waals surface area contributed by atoms with Gasteiger partial charge in [0.05, 0.1) is 31.5 Å². The summed E-state index contributed by atoms with van der Waals surface area (Å²) >= 11 is 0. The Kier molecular flexibility index (Phi) is 6.47. The average molecular weight is 504 g/mol. The number of sulfonamides is 1. The van der Waals surface area contributed by atoms with Crippen molar-refractivity contribution in [3.05, 3.63) is 89.1 Å². The molecule has 186 valence electrons. The van der Waals surface area contributed by atoms with E-state index in [1.807, 2.05) is 6.07 Å². The Hall–Kier alpha value is -2.66. The number of hydrogen-bond acceptors (Lipinski definition) is 6. The van der Waals surface area contributed by atoms with Gasteiger partial charge in [0, 0.05) is 23.7 Å². The Balaban J connectivity index is 1.40. The maximum atomic E-state index is 15.3. The first-order valence-electron chi connectivity index (χ1n) is 11.5. The number of nitrogens with zero attached hydrogens (tertiary/aromatic N) is 2. The lowest BCUT2D eigenvalue weighted by atomic mass is 9.86. The highest BCUT2D eigenvalue weighted by atomic mass is 32.2. The molecule has 0 aliphatic carbocycles. The van der Waals surface area contributed by atoms with Crippen LogP contribution in [0.4, 0.5) is 8.78 Å². The fourth-order valence-corrected chi connectivity index (χ4v) is 7.03. The van der Waals surface area contributed by atoms with Crippen LogP contribution in [0.3, 0.4) is 0 Å². The van der Waals surface area contributed by atoms with Crippen LogP contribution in [0.5, 0.6) is 0 Å². The third-order valence-electron chi connectivity index (χ3n) is 6.96. The number of benzene rings is 2. The molecule has 0 spiro atoms. The molecule has 3 heterocycles. The Morgan fingerprint density at radius 1 is 1.14 bits per heavy atom. The molecule has 0 bridgehead atoms. The zero-order chi connectivity index (χ0) is 24.6. The van der Waals surface area contributed by atoms with Gasteiger partial charge in [0.2, 0.25) is 10.0 Å². The minimum Gasteiger partial charge on any atom is -0.447 e. The monoisotopic (exact) mass is 503 g/mol. The summed E-state index contributed by atoms with van der Waals surface area (Å²) in [5, 5.41) is 2.49.